The quantitative estimate of drug-likeness (QED) is 0.650. The van der Waals surface area contributed by atoms with Crippen LogP contribution in [-0.2, 0) is 0 Å². The van der Waals surface area contributed by atoms with E-state index in [2.05, 4.69) is 36.9 Å². The smallest absolute Gasteiger partial charge is 0.0129 e. The Bertz CT molecular complexity index is 305. The second-order valence-corrected chi connectivity index (χ2v) is 3.40. The van der Waals surface area contributed by atoms with Crippen LogP contribution in [0.4, 0.5) is 0 Å². The van der Waals surface area contributed by atoms with E-state index < -0.39 is 0 Å². The van der Waals surface area contributed by atoms with E-state index in [4.69, 9.17) is 0 Å². The van der Waals surface area contributed by atoms with E-state index in [0.717, 1.165) is 6.42 Å². The van der Waals surface area contributed by atoms with E-state index in [1.807, 2.05) is 17.7 Å². The Morgan fingerprint density at radius 2 is 2.08 bits per heavy atom. The topological polar surface area (TPSA) is 0 Å². The van der Waals surface area contributed by atoms with Gasteiger partial charge in [-0.15, -0.1) is 17.5 Å². The van der Waals surface area contributed by atoms with Gasteiger partial charge in [0.15, 0.2) is 0 Å². The van der Waals surface area contributed by atoms with Gasteiger partial charge in [-0.1, -0.05) is 37.3 Å². The molecule has 1 aromatic rings. The molecule has 0 atom stereocenters. The highest BCUT2D eigenvalue weighted by Crippen LogP contribution is 2.16. The first-order valence-electron chi connectivity index (χ1n) is 4.40. The molecule has 0 aliphatic carbocycles. The van der Waals surface area contributed by atoms with Crippen LogP contribution in [0.3, 0.4) is 0 Å². The summed E-state index contributed by atoms with van der Waals surface area (Å²) in [6, 6.07) is 10.4. The lowest BCUT2D eigenvalue weighted by molar-refractivity contribution is 1.24. The fourth-order valence-corrected chi connectivity index (χ4v) is 1.42. The highest BCUT2D eigenvalue weighted by Gasteiger charge is 1.94. The number of allylic oxidation sites excluding steroid dienone is 1. The minimum atomic E-state index is 1.03. The summed E-state index contributed by atoms with van der Waals surface area (Å²) < 4.78 is 0. The van der Waals surface area contributed by atoms with Crippen molar-refractivity contribution in [2.75, 3.05) is 6.26 Å². The van der Waals surface area contributed by atoms with E-state index in [1.165, 1.54) is 11.1 Å². The molecule has 1 rings (SSSR count). The Hall–Kier alpha value is -0.910. The van der Waals surface area contributed by atoms with Crippen LogP contribution in [0.2, 0.25) is 0 Å². The zero-order valence-corrected chi connectivity index (χ0v) is 8.90. The maximum Gasteiger partial charge on any atom is 0.0129 e. The molecule has 1 heteroatoms. The summed E-state index contributed by atoms with van der Waals surface area (Å²) in [4.78, 5) is 0. The molecule has 0 saturated carbocycles. The number of rotatable bonds is 3. The van der Waals surface area contributed by atoms with Crippen LogP contribution in [0.25, 0.3) is 5.57 Å². The molecule has 0 saturated heterocycles. The number of thioether (sulfide) groups is 1. The molecule has 0 aliphatic rings. The monoisotopic (exact) mass is 190 g/mol. The van der Waals surface area contributed by atoms with E-state index in [1.54, 1.807) is 11.8 Å². The van der Waals surface area contributed by atoms with Gasteiger partial charge in [-0.25, -0.2) is 0 Å². The SMILES string of the molecule is CCC(=C=CSC)c1ccccc1. The first-order chi connectivity index (χ1) is 6.38. The minimum Gasteiger partial charge on any atom is -0.129 e. The van der Waals surface area contributed by atoms with Crippen molar-refractivity contribution in [3.63, 3.8) is 0 Å². The molecule has 0 radical (unpaired) electrons. The van der Waals surface area contributed by atoms with Gasteiger partial charge in [0.25, 0.3) is 0 Å². The predicted molar refractivity (Wildman–Crippen MR) is 61.7 cm³/mol. The Morgan fingerprint density at radius 1 is 1.38 bits per heavy atom. The minimum absolute atomic E-state index is 1.03. The zero-order valence-electron chi connectivity index (χ0n) is 8.08. The zero-order chi connectivity index (χ0) is 9.52. The number of hydrogen-bond donors (Lipinski definition) is 0. The van der Waals surface area contributed by atoms with E-state index in [0.29, 0.717) is 0 Å². The number of hydrogen-bond acceptors (Lipinski definition) is 1. The third-order valence-electron chi connectivity index (χ3n) is 1.83. The van der Waals surface area contributed by atoms with Gasteiger partial charge < -0.3 is 0 Å². The van der Waals surface area contributed by atoms with E-state index in [-0.39, 0.29) is 0 Å². The van der Waals surface area contributed by atoms with Crippen LogP contribution in [0.15, 0.2) is 41.5 Å². The summed E-state index contributed by atoms with van der Waals surface area (Å²) in [5.41, 5.74) is 5.84. The largest absolute Gasteiger partial charge is 0.129 e. The molecule has 0 N–H and O–H groups in total. The van der Waals surface area contributed by atoms with Crippen molar-refractivity contribution in [1.82, 2.24) is 0 Å². The average Bonchev–Trinajstić information content (AvgIpc) is 2.21. The Morgan fingerprint density at radius 3 is 2.62 bits per heavy atom. The maximum absolute atomic E-state index is 3.29. The fourth-order valence-electron chi connectivity index (χ4n) is 1.16. The van der Waals surface area contributed by atoms with Crippen molar-refractivity contribution in [2.24, 2.45) is 0 Å². The van der Waals surface area contributed by atoms with E-state index in [9.17, 15) is 0 Å². The Kier molecular flexibility index (Phi) is 4.45. The molecule has 68 valence electrons. The second kappa shape index (κ2) is 5.69. The molecule has 0 bridgehead atoms. The van der Waals surface area contributed by atoms with Crippen LogP contribution >= 0.6 is 11.8 Å². The van der Waals surface area contributed by atoms with Crippen molar-refractivity contribution in [2.45, 2.75) is 13.3 Å². The Balaban J connectivity index is 2.98. The fraction of sp³-hybridized carbons (Fsp3) is 0.250. The highest BCUT2D eigenvalue weighted by molar-refractivity contribution is 8.01. The van der Waals surface area contributed by atoms with Crippen LogP contribution in [0.5, 0.6) is 0 Å². The van der Waals surface area contributed by atoms with Crippen LogP contribution in [0.1, 0.15) is 18.9 Å². The second-order valence-electron chi connectivity index (χ2n) is 2.70. The molecule has 0 nitrogen and oxygen atoms in total. The Labute approximate surface area is 84.4 Å². The number of benzene rings is 1. The molecule has 0 fully saturated rings. The molecule has 0 spiro atoms. The summed E-state index contributed by atoms with van der Waals surface area (Å²) in [6.07, 6.45) is 3.08. The summed E-state index contributed by atoms with van der Waals surface area (Å²) in [5, 5.41) is 2.01. The van der Waals surface area contributed by atoms with Crippen LogP contribution < -0.4 is 0 Å². The van der Waals surface area contributed by atoms with Gasteiger partial charge in [0.05, 0.1) is 0 Å². The van der Waals surface area contributed by atoms with Crippen molar-refractivity contribution in [3.05, 3.63) is 47.0 Å². The molecular weight excluding hydrogens is 176 g/mol. The lowest BCUT2D eigenvalue weighted by atomic mass is 10.1. The molecule has 0 aliphatic heterocycles. The van der Waals surface area contributed by atoms with Crippen molar-refractivity contribution in [3.8, 4) is 0 Å². The van der Waals surface area contributed by atoms with Gasteiger partial charge in [-0.05, 0) is 18.2 Å². The van der Waals surface area contributed by atoms with Crippen molar-refractivity contribution in [1.29, 1.82) is 0 Å². The predicted octanol–water partition coefficient (Wildman–Crippen LogP) is 3.96. The molecule has 1 aromatic carbocycles. The van der Waals surface area contributed by atoms with Gasteiger partial charge in [-0.2, -0.15) is 0 Å². The standard InChI is InChI=1S/C12H14S/c1-3-11(9-10-13-2)12-7-5-4-6-8-12/h4-8,10H,3H2,1-2H3. The van der Waals surface area contributed by atoms with Gasteiger partial charge in [0.1, 0.15) is 0 Å². The summed E-state index contributed by atoms with van der Waals surface area (Å²) in [5.74, 6) is 0. The molecule has 0 heterocycles. The van der Waals surface area contributed by atoms with Gasteiger partial charge >= 0.3 is 0 Å². The summed E-state index contributed by atoms with van der Waals surface area (Å²) in [6.45, 7) is 2.16. The lowest BCUT2D eigenvalue weighted by Crippen LogP contribution is -1.78. The normalized spacial score (nSPS) is 9.08. The van der Waals surface area contributed by atoms with Gasteiger partial charge in [-0.3, -0.25) is 0 Å². The summed E-state index contributed by atoms with van der Waals surface area (Å²) >= 11 is 1.68. The first kappa shape index (κ1) is 10.2. The first-order valence-corrected chi connectivity index (χ1v) is 5.69. The highest BCUT2D eigenvalue weighted by atomic mass is 32.2. The van der Waals surface area contributed by atoms with Gasteiger partial charge in [0.2, 0.25) is 0 Å². The lowest BCUT2D eigenvalue weighted by Gasteiger charge is -1.99. The molecule has 0 amide bonds. The molecular formula is C12H14S. The van der Waals surface area contributed by atoms with Crippen molar-refractivity contribution < 1.29 is 0 Å². The molecule has 0 aromatic heterocycles. The summed E-state index contributed by atoms with van der Waals surface area (Å²) in [7, 11) is 0. The average molecular weight is 190 g/mol. The third kappa shape index (κ3) is 3.14. The molecule has 13 heavy (non-hydrogen) atoms. The van der Waals surface area contributed by atoms with Gasteiger partial charge in [0, 0.05) is 11.0 Å². The van der Waals surface area contributed by atoms with E-state index >= 15 is 0 Å². The third-order valence-corrected chi connectivity index (χ3v) is 2.18. The van der Waals surface area contributed by atoms with Crippen molar-refractivity contribution >= 4 is 17.3 Å². The van der Waals surface area contributed by atoms with Crippen LogP contribution in [0, 0.1) is 0 Å². The maximum atomic E-state index is 3.29. The van der Waals surface area contributed by atoms with Crippen LogP contribution in [-0.4, -0.2) is 6.26 Å². The molecule has 0 unspecified atom stereocenters.